The van der Waals surface area contributed by atoms with Crippen LogP contribution in [0.25, 0.3) is 11.3 Å². The van der Waals surface area contributed by atoms with Gasteiger partial charge in [0.2, 0.25) is 0 Å². The highest BCUT2D eigenvalue weighted by Gasteiger charge is 2.20. The van der Waals surface area contributed by atoms with Crippen LogP contribution in [0, 0.1) is 5.82 Å². The first-order valence-corrected chi connectivity index (χ1v) is 5.18. The first kappa shape index (κ1) is 11.6. The van der Waals surface area contributed by atoms with Crippen molar-refractivity contribution in [3.63, 3.8) is 0 Å². The highest BCUT2D eigenvalue weighted by Crippen LogP contribution is 2.30. The molecule has 0 radical (unpaired) electrons. The second-order valence-electron chi connectivity index (χ2n) is 4.37. The molecular weight excluding hydrogens is 224 g/mol. The minimum atomic E-state index is -1.52. The fourth-order valence-electron chi connectivity index (χ4n) is 1.58. The quantitative estimate of drug-likeness (QED) is 0.843. The van der Waals surface area contributed by atoms with Crippen molar-refractivity contribution in [3.8, 4) is 11.3 Å². The molecule has 0 spiro atoms. The molecule has 0 aliphatic rings. The summed E-state index contributed by atoms with van der Waals surface area (Å²) in [6, 6.07) is 5.64. The fourth-order valence-corrected chi connectivity index (χ4v) is 1.58. The van der Waals surface area contributed by atoms with E-state index in [4.69, 9.17) is 5.73 Å². The fraction of sp³-hybridized carbons (Fsp3) is 0.250. The summed E-state index contributed by atoms with van der Waals surface area (Å²) in [6.07, 6.45) is 0. The molecule has 0 saturated heterocycles. The molecule has 0 atom stereocenters. The van der Waals surface area contributed by atoms with Crippen molar-refractivity contribution in [2.75, 3.05) is 5.73 Å². The number of aromatic nitrogens is 2. The second-order valence-corrected chi connectivity index (χ2v) is 4.37. The largest absolute Gasteiger partial charge is 0.382 e. The summed E-state index contributed by atoms with van der Waals surface area (Å²) in [7, 11) is 0. The molecule has 0 saturated carbocycles. The lowest BCUT2D eigenvalue weighted by Gasteiger charge is -2.15. The van der Waals surface area contributed by atoms with E-state index in [0.29, 0.717) is 11.3 Å². The van der Waals surface area contributed by atoms with E-state index >= 15 is 0 Å². The third kappa shape index (κ3) is 2.27. The van der Waals surface area contributed by atoms with Crippen LogP contribution in [-0.4, -0.2) is 10.2 Å². The third-order valence-corrected chi connectivity index (χ3v) is 2.54. The molecule has 3 nitrogen and oxygen atoms in total. The predicted molar refractivity (Wildman–Crippen MR) is 62.5 cm³/mol. The van der Waals surface area contributed by atoms with Crippen molar-refractivity contribution in [3.05, 3.63) is 35.6 Å². The molecule has 90 valence electrons. The maximum atomic E-state index is 13.8. The number of nitrogen functional groups attached to an aromatic ring is 1. The van der Waals surface area contributed by atoms with Gasteiger partial charge in [0.25, 0.3) is 0 Å². The van der Waals surface area contributed by atoms with Gasteiger partial charge in [-0.3, -0.25) is 5.10 Å². The average molecular weight is 237 g/mol. The van der Waals surface area contributed by atoms with Crippen LogP contribution in [0.5, 0.6) is 0 Å². The highest BCUT2D eigenvalue weighted by molar-refractivity contribution is 5.63. The molecule has 2 rings (SSSR count). The number of H-pyrrole nitrogens is 1. The molecule has 17 heavy (non-hydrogen) atoms. The Morgan fingerprint density at radius 3 is 2.53 bits per heavy atom. The van der Waals surface area contributed by atoms with Gasteiger partial charge in [0, 0.05) is 11.6 Å². The van der Waals surface area contributed by atoms with E-state index in [2.05, 4.69) is 10.2 Å². The lowest BCUT2D eigenvalue weighted by Crippen LogP contribution is -2.09. The summed E-state index contributed by atoms with van der Waals surface area (Å²) in [4.78, 5) is 0. The lowest BCUT2D eigenvalue weighted by molar-refractivity contribution is 0.221. The Labute approximate surface area is 97.7 Å². The Morgan fingerprint density at radius 1 is 1.29 bits per heavy atom. The molecule has 3 N–H and O–H groups in total. The van der Waals surface area contributed by atoms with Crippen molar-refractivity contribution >= 4 is 5.82 Å². The molecule has 1 heterocycles. The number of hydrogen-bond acceptors (Lipinski definition) is 2. The van der Waals surface area contributed by atoms with Gasteiger partial charge in [0.15, 0.2) is 0 Å². The second kappa shape index (κ2) is 3.84. The van der Waals surface area contributed by atoms with Crippen molar-refractivity contribution < 1.29 is 8.78 Å². The zero-order valence-corrected chi connectivity index (χ0v) is 9.59. The molecule has 0 bridgehead atoms. The monoisotopic (exact) mass is 237 g/mol. The molecule has 0 amide bonds. The van der Waals surface area contributed by atoms with E-state index < -0.39 is 11.5 Å². The topological polar surface area (TPSA) is 54.7 Å². The van der Waals surface area contributed by atoms with Gasteiger partial charge in [-0.15, -0.1) is 0 Å². The highest BCUT2D eigenvalue weighted by atomic mass is 19.1. The van der Waals surface area contributed by atoms with Crippen LogP contribution in [0.1, 0.15) is 19.4 Å². The SMILES string of the molecule is CC(C)(F)c1ccc(F)c(-c2cc(N)n[nH]2)c1. The summed E-state index contributed by atoms with van der Waals surface area (Å²) in [5.41, 5.74) is 5.03. The van der Waals surface area contributed by atoms with Gasteiger partial charge >= 0.3 is 0 Å². The van der Waals surface area contributed by atoms with Gasteiger partial charge in [-0.05, 0) is 31.5 Å². The molecule has 0 fully saturated rings. The zero-order chi connectivity index (χ0) is 12.6. The molecule has 2 aromatic rings. The number of anilines is 1. The number of nitrogens with one attached hydrogen (secondary N) is 1. The van der Waals surface area contributed by atoms with E-state index in [1.165, 1.54) is 38.1 Å². The molecule has 1 aromatic heterocycles. The van der Waals surface area contributed by atoms with Gasteiger partial charge in [0.1, 0.15) is 17.3 Å². The lowest BCUT2D eigenvalue weighted by atomic mass is 9.97. The number of benzene rings is 1. The molecular formula is C12H13F2N3. The van der Waals surface area contributed by atoms with Crippen LogP contribution >= 0.6 is 0 Å². The Kier molecular flexibility index (Phi) is 2.61. The van der Waals surface area contributed by atoms with E-state index in [1.54, 1.807) is 0 Å². The normalized spacial score (nSPS) is 11.8. The standard InChI is InChI=1S/C12H13F2N3/c1-12(2,14)7-3-4-9(13)8(5-7)10-6-11(15)17-16-10/h3-6H,1-2H3,(H3,15,16,17). The summed E-state index contributed by atoms with van der Waals surface area (Å²) in [5, 5.41) is 6.32. The van der Waals surface area contributed by atoms with Gasteiger partial charge in [-0.2, -0.15) is 5.10 Å². The Balaban J connectivity index is 2.54. The zero-order valence-electron chi connectivity index (χ0n) is 9.59. The summed E-state index contributed by atoms with van der Waals surface area (Å²) in [6.45, 7) is 2.84. The first-order chi connectivity index (χ1) is 7.88. The molecule has 1 aromatic carbocycles. The van der Waals surface area contributed by atoms with Crippen LogP contribution in [0.3, 0.4) is 0 Å². The maximum absolute atomic E-state index is 13.8. The summed E-state index contributed by atoms with van der Waals surface area (Å²) in [5.74, 6) is -0.175. The third-order valence-electron chi connectivity index (χ3n) is 2.54. The van der Waals surface area contributed by atoms with E-state index in [-0.39, 0.29) is 11.4 Å². The van der Waals surface area contributed by atoms with Crippen molar-refractivity contribution in [1.82, 2.24) is 10.2 Å². The van der Waals surface area contributed by atoms with Gasteiger partial charge < -0.3 is 5.73 Å². The van der Waals surface area contributed by atoms with Gasteiger partial charge in [-0.1, -0.05) is 6.07 Å². The van der Waals surface area contributed by atoms with Crippen LogP contribution in [0.4, 0.5) is 14.6 Å². The van der Waals surface area contributed by atoms with Crippen molar-refractivity contribution in [2.24, 2.45) is 0 Å². The van der Waals surface area contributed by atoms with E-state index in [9.17, 15) is 8.78 Å². The Bertz CT molecular complexity index is 541. The van der Waals surface area contributed by atoms with Crippen LogP contribution in [0.2, 0.25) is 0 Å². The number of rotatable bonds is 2. The molecule has 0 unspecified atom stereocenters. The van der Waals surface area contributed by atoms with Crippen LogP contribution < -0.4 is 5.73 Å². The minimum absolute atomic E-state index is 0.262. The molecule has 5 heteroatoms. The van der Waals surface area contributed by atoms with Gasteiger partial charge in [-0.25, -0.2) is 8.78 Å². The number of halogens is 2. The number of hydrogen-bond donors (Lipinski definition) is 2. The average Bonchev–Trinajstić information content (AvgIpc) is 2.63. The van der Waals surface area contributed by atoms with Crippen LogP contribution in [0.15, 0.2) is 24.3 Å². The predicted octanol–water partition coefficient (Wildman–Crippen LogP) is 3.00. The molecule has 0 aliphatic heterocycles. The van der Waals surface area contributed by atoms with Crippen molar-refractivity contribution in [1.29, 1.82) is 0 Å². The smallest absolute Gasteiger partial charge is 0.145 e. The Morgan fingerprint density at radius 2 is 2.00 bits per heavy atom. The van der Waals surface area contributed by atoms with E-state index in [1.807, 2.05) is 0 Å². The minimum Gasteiger partial charge on any atom is -0.382 e. The Hall–Kier alpha value is -1.91. The van der Waals surface area contributed by atoms with E-state index in [0.717, 1.165) is 0 Å². The summed E-state index contributed by atoms with van der Waals surface area (Å²) < 4.78 is 27.4. The maximum Gasteiger partial charge on any atom is 0.145 e. The number of alkyl halides is 1. The van der Waals surface area contributed by atoms with Crippen LogP contribution in [-0.2, 0) is 5.67 Å². The number of nitrogens with two attached hydrogens (primary N) is 1. The number of nitrogens with zero attached hydrogens (tertiary/aromatic N) is 1. The van der Waals surface area contributed by atoms with Crippen molar-refractivity contribution in [2.45, 2.75) is 19.5 Å². The van der Waals surface area contributed by atoms with Gasteiger partial charge in [0.05, 0.1) is 5.69 Å². The summed E-state index contributed by atoms with van der Waals surface area (Å²) >= 11 is 0. The number of aromatic amines is 1. The first-order valence-electron chi connectivity index (χ1n) is 5.18. The molecule has 0 aliphatic carbocycles.